The SMILES string of the molecule is CC1=CCC2(CC1)C(C)(C)C2(Cl)Cl. The molecule has 0 bridgehead atoms. The van der Waals surface area contributed by atoms with Gasteiger partial charge in [-0.2, -0.15) is 0 Å². The highest BCUT2D eigenvalue weighted by molar-refractivity contribution is 6.52. The Kier molecular flexibility index (Phi) is 1.87. The van der Waals surface area contributed by atoms with Gasteiger partial charge in [-0.05, 0) is 26.2 Å². The predicted octanol–water partition coefficient (Wildman–Crippen LogP) is 4.32. The van der Waals surface area contributed by atoms with Gasteiger partial charge in [0.2, 0.25) is 0 Å². The van der Waals surface area contributed by atoms with Gasteiger partial charge in [0.15, 0.2) is 0 Å². The minimum atomic E-state index is -0.503. The van der Waals surface area contributed by atoms with Gasteiger partial charge in [-0.25, -0.2) is 0 Å². The minimum Gasteiger partial charge on any atom is -0.100 e. The molecule has 0 heterocycles. The molecule has 0 aromatic rings. The summed E-state index contributed by atoms with van der Waals surface area (Å²) in [5.74, 6) is 0. The lowest BCUT2D eigenvalue weighted by atomic mass is 9.82. The number of hydrogen-bond acceptors (Lipinski definition) is 0. The van der Waals surface area contributed by atoms with Crippen LogP contribution >= 0.6 is 23.2 Å². The summed E-state index contributed by atoms with van der Waals surface area (Å²) in [5.41, 5.74) is 1.72. The van der Waals surface area contributed by atoms with Crippen molar-refractivity contribution in [1.82, 2.24) is 0 Å². The molecule has 0 nitrogen and oxygen atoms in total. The lowest BCUT2D eigenvalue weighted by Gasteiger charge is -2.23. The van der Waals surface area contributed by atoms with E-state index >= 15 is 0 Å². The molecule has 0 aromatic carbocycles. The molecule has 0 amide bonds. The summed E-state index contributed by atoms with van der Waals surface area (Å²) >= 11 is 12.7. The zero-order valence-electron chi connectivity index (χ0n) is 8.45. The van der Waals surface area contributed by atoms with Gasteiger partial charge in [-0.1, -0.05) is 25.5 Å². The van der Waals surface area contributed by atoms with Crippen molar-refractivity contribution in [2.45, 2.75) is 44.4 Å². The highest BCUT2D eigenvalue weighted by atomic mass is 35.5. The van der Waals surface area contributed by atoms with Crippen LogP contribution < -0.4 is 0 Å². The first-order valence-corrected chi connectivity index (χ1v) is 5.64. The summed E-state index contributed by atoms with van der Waals surface area (Å²) < 4.78 is -0.503. The van der Waals surface area contributed by atoms with E-state index in [2.05, 4.69) is 26.8 Å². The van der Waals surface area contributed by atoms with Crippen LogP contribution in [0.25, 0.3) is 0 Å². The van der Waals surface area contributed by atoms with E-state index in [9.17, 15) is 0 Å². The molecule has 13 heavy (non-hydrogen) atoms. The van der Waals surface area contributed by atoms with E-state index in [0.717, 1.165) is 19.3 Å². The van der Waals surface area contributed by atoms with Crippen molar-refractivity contribution in [3.05, 3.63) is 11.6 Å². The fourth-order valence-electron chi connectivity index (χ4n) is 2.75. The largest absolute Gasteiger partial charge is 0.130 e. The average molecular weight is 219 g/mol. The second-order valence-electron chi connectivity index (χ2n) is 5.04. The lowest BCUT2D eigenvalue weighted by Crippen LogP contribution is -2.13. The van der Waals surface area contributed by atoms with Crippen molar-refractivity contribution in [2.24, 2.45) is 10.8 Å². The van der Waals surface area contributed by atoms with Gasteiger partial charge in [0.05, 0.1) is 0 Å². The van der Waals surface area contributed by atoms with Crippen molar-refractivity contribution in [1.29, 1.82) is 0 Å². The third-order valence-corrected chi connectivity index (χ3v) is 5.93. The Labute approximate surface area is 90.3 Å². The highest BCUT2D eigenvalue weighted by Gasteiger charge is 2.80. The van der Waals surface area contributed by atoms with Crippen LogP contribution in [-0.4, -0.2) is 4.33 Å². The first-order valence-electron chi connectivity index (χ1n) is 4.89. The van der Waals surface area contributed by atoms with Crippen molar-refractivity contribution in [3.63, 3.8) is 0 Å². The molecule has 1 unspecified atom stereocenters. The molecule has 2 heteroatoms. The monoisotopic (exact) mass is 218 g/mol. The third kappa shape index (κ3) is 0.942. The summed E-state index contributed by atoms with van der Waals surface area (Å²) in [5, 5.41) is 0. The number of rotatable bonds is 0. The van der Waals surface area contributed by atoms with Crippen molar-refractivity contribution < 1.29 is 0 Å². The van der Waals surface area contributed by atoms with Gasteiger partial charge < -0.3 is 0 Å². The van der Waals surface area contributed by atoms with Gasteiger partial charge in [0.25, 0.3) is 0 Å². The Hall–Kier alpha value is 0.320. The molecule has 1 fully saturated rings. The van der Waals surface area contributed by atoms with E-state index in [1.54, 1.807) is 0 Å². The summed E-state index contributed by atoms with van der Waals surface area (Å²) in [6.45, 7) is 6.55. The molecule has 0 radical (unpaired) electrons. The van der Waals surface area contributed by atoms with E-state index < -0.39 is 4.33 Å². The van der Waals surface area contributed by atoms with Crippen LogP contribution in [0.4, 0.5) is 0 Å². The number of alkyl halides is 2. The fraction of sp³-hybridized carbons (Fsp3) is 0.818. The molecular weight excluding hydrogens is 203 g/mol. The van der Waals surface area contributed by atoms with Crippen LogP contribution in [0.5, 0.6) is 0 Å². The Bertz CT molecular complexity index is 260. The molecule has 2 aliphatic carbocycles. The van der Waals surface area contributed by atoms with Crippen LogP contribution in [0, 0.1) is 10.8 Å². The second kappa shape index (κ2) is 2.46. The summed E-state index contributed by atoms with van der Waals surface area (Å²) in [4.78, 5) is 0. The topological polar surface area (TPSA) is 0 Å². The molecule has 74 valence electrons. The van der Waals surface area contributed by atoms with Crippen LogP contribution in [0.15, 0.2) is 11.6 Å². The molecular formula is C11H16Cl2. The standard InChI is InChI=1S/C11H16Cl2/c1-8-4-6-10(7-5-8)9(2,3)11(10,12)13/h4H,5-7H2,1-3H3. The maximum absolute atomic E-state index is 6.35. The maximum atomic E-state index is 6.35. The number of halogens is 2. The predicted molar refractivity (Wildman–Crippen MR) is 58.3 cm³/mol. The Morgan fingerprint density at radius 2 is 1.85 bits per heavy atom. The highest BCUT2D eigenvalue weighted by Crippen LogP contribution is 2.81. The van der Waals surface area contributed by atoms with Crippen LogP contribution in [-0.2, 0) is 0 Å². The Morgan fingerprint density at radius 3 is 2.15 bits per heavy atom. The molecule has 2 aliphatic rings. The number of allylic oxidation sites excluding steroid dienone is 2. The van der Waals surface area contributed by atoms with Crippen molar-refractivity contribution in [2.75, 3.05) is 0 Å². The first-order chi connectivity index (χ1) is 5.85. The van der Waals surface area contributed by atoms with E-state index in [-0.39, 0.29) is 10.8 Å². The molecule has 0 aliphatic heterocycles. The molecule has 1 spiro atoms. The lowest BCUT2D eigenvalue weighted by molar-refractivity contribution is 0.345. The van der Waals surface area contributed by atoms with Crippen LogP contribution in [0.1, 0.15) is 40.0 Å². The van der Waals surface area contributed by atoms with E-state index in [1.807, 2.05) is 0 Å². The van der Waals surface area contributed by atoms with Crippen molar-refractivity contribution in [3.8, 4) is 0 Å². The Balaban J connectivity index is 2.28. The number of hydrogen-bond donors (Lipinski definition) is 0. The molecule has 0 saturated heterocycles. The van der Waals surface area contributed by atoms with Crippen LogP contribution in [0.2, 0.25) is 0 Å². The minimum absolute atomic E-state index is 0.0836. The van der Waals surface area contributed by atoms with E-state index in [1.165, 1.54) is 5.57 Å². The summed E-state index contributed by atoms with van der Waals surface area (Å²) in [7, 11) is 0. The average Bonchev–Trinajstić information content (AvgIpc) is 2.35. The van der Waals surface area contributed by atoms with Gasteiger partial charge >= 0.3 is 0 Å². The molecule has 0 aromatic heterocycles. The molecule has 0 N–H and O–H groups in total. The molecule has 1 atom stereocenters. The van der Waals surface area contributed by atoms with Crippen molar-refractivity contribution >= 4 is 23.2 Å². The first kappa shape index (κ1) is 9.86. The van der Waals surface area contributed by atoms with Gasteiger partial charge in [0.1, 0.15) is 4.33 Å². The van der Waals surface area contributed by atoms with Gasteiger partial charge in [-0.3, -0.25) is 0 Å². The summed E-state index contributed by atoms with van der Waals surface area (Å²) in [6.07, 6.45) is 5.66. The smallest absolute Gasteiger partial charge is 0.100 e. The summed E-state index contributed by atoms with van der Waals surface area (Å²) in [6, 6.07) is 0. The maximum Gasteiger partial charge on any atom is 0.130 e. The zero-order chi connectivity index (χ0) is 9.91. The quantitative estimate of drug-likeness (QED) is 0.420. The van der Waals surface area contributed by atoms with Crippen LogP contribution in [0.3, 0.4) is 0 Å². The van der Waals surface area contributed by atoms with E-state index in [4.69, 9.17) is 23.2 Å². The van der Waals surface area contributed by atoms with E-state index in [0.29, 0.717) is 0 Å². The third-order valence-electron chi connectivity index (χ3n) is 4.26. The van der Waals surface area contributed by atoms with Gasteiger partial charge in [-0.15, -0.1) is 23.2 Å². The normalized spacial score (nSPS) is 40.2. The van der Waals surface area contributed by atoms with Gasteiger partial charge in [0, 0.05) is 10.8 Å². The molecule has 2 rings (SSSR count). The molecule has 1 saturated carbocycles. The Morgan fingerprint density at radius 1 is 1.31 bits per heavy atom. The second-order valence-corrected chi connectivity index (χ2v) is 6.36. The fourth-order valence-corrected chi connectivity index (χ4v) is 3.84. The zero-order valence-corrected chi connectivity index (χ0v) is 9.97.